The van der Waals surface area contributed by atoms with Crippen molar-refractivity contribution in [2.75, 3.05) is 0 Å². The Morgan fingerprint density at radius 2 is 1.81 bits per heavy atom. The molecule has 1 heterocycles. The molecule has 1 amide bonds. The van der Waals surface area contributed by atoms with Gasteiger partial charge in [-0.25, -0.2) is 9.78 Å². The van der Waals surface area contributed by atoms with E-state index in [1.807, 2.05) is 36.4 Å². The first-order valence-corrected chi connectivity index (χ1v) is 8.25. The van der Waals surface area contributed by atoms with E-state index in [0.29, 0.717) is 12.0 Å². The molecule has 2 aromatic carbocycles. The number of halogens is 1. The van der Waals surface area contributed by atoms with Gasteiger partial charge in [0, 0.05) is 30.3 Å². The van der Waals surface area contributed by atoms with Gasteiger partial charge < -0.3 is 15.4 Å². The highest BCUT2D eigenvalue weighted by molar-refractivity contribution is 5.96. The largest absolute Gasteiger partial charge is 0.480 e. The number of imidazole rings is 1. The number of rotatable bonds is 7. The minimum absolute atomic E-state index is 0. The topological polar surface area (TPSA) is 95.1 Å². The van der Waals surface area contributed by atoms with Crippen LogP contribution < -0.4 is 5.32 Å². The molecule has 140 valence electrons. The maximum atomic E-state index is 12.5. The highest BCUT2D eigenvalue weighted by Gasteiger charge is 2.21. The number of carboxylic acids is 1. The van der Waals surface area contributed by atoms with Crippen molar-refractivity contribution in [1.82, 2.24) is 15.3 Å². The quantitative estimate of drug-likeness (QED) is 0.582. The van der Waals surface area contributed by atoms with Crippen molar-refractivity contribution in [3.8, 4) is 0 Å². The van der Waals surface area contributed by atoms with Crippen LogP contribution in [0, 0.1) is 0 Å². The maximum absolute atomic E-state index is 12.5. The summed E-state index contributed by atoms with van der Waals surface area (Å²) in [5.41, 5.74) is 3.17. The molecular formula is C20H20ClN3O3. The molecule has 0 fully saturated rings. The molecular weight excluding hydrogens is 366 g/mol. The normalized spacial score (nSPS) is 11.3. The average molecular weight is 386 g/mol. The Labute approximate surface area is 163 Å². The van der Waals surface area contributed by atoms with Crippen LogP contribution in [0.1, 0.15) is 27.2 Å². The Hall–Kier alpha value is -3.12. The van der Waals surface area contributed by atoms with Gasteiger partial charge in [0.2, 0.25) is 0 Å². The van der Waals surface area contributed by atoms with Crippen molar-refractivity contribution < 1.29 is 14.7 Å². The van der Waals surface area contributed by atoms with Crippen molar-refractivity contribution >= 4 is 24.3 Å². The van der Waals surface area contributed by atoms with Crippen molar-refractivity contribution in [2.45, 2.75) is 18.9 Å². The number of H-pyrrole nitrogens is 1. The molecule has 27 heavy (non-hydrogen) atoms. The number of nitrogens with zero attached hydrogens (tertiary/aromatic N) is 1. The number of nitrogens with one attached hydrogen (secondary N) is 2. The van der Waals surface area contributed by atoms with E-state index in [0.717, 1.165) is 16.8 Å². The summed E-state index contributed by atoms with van der Waals surface area (Å²) in [5.74, 6) is -1.46. The van der Waals surface area contributed by atoms with Gasteiger partial charge in [0.05, 0.1) is 6.33 Å². The molecule has 0 radical (unpaired) electrons. The molecule has 6 nitrogen and oxygen atoms in total. The highest BCUT2D eigenvalue weighted by atomic mass is 35.5. The molecule has 0 spiro atoms. The molecule has 0 aliphatic heterocycles. The third-order valence-corrected chi connectivity index (χ3v) is 4.02. The number of hydrogen-bond donors (Lipinski definition) is 3. The second-order valence-corrected chi connectivity index (χ2v) is 6.01. The molecule has 7 heteroatoms. The molecule has 0 saturated carbocycles. The van der Waals surface area contributed by atoms with Crippen LogP contribution in [0.15, 0.2) is 67.1 Å². The maximum Gasteiger partial charge on any atom is 0.326 e. The lowest BCUT2D eigenvalue weighted by atomic mass is 10.0. The van der Waals surface area contributed by atoms with E-state index in [4.69, 9.17) is 0 Å². The number of aromatic nitrogens is 2. The number of amides is 1. The standard InChI is InChI=1S/C20H19N3O3.ClH/c24-19(23-18(20(25)26)11-14-5-2-1-3-6-14)16-8-4-7-15(9-16)10-17-12-21-13-22-17;/h1-9,12-13,18H,10-11H2,(H,21,22)(H,23,24)(H,25,26);1H/t18-;/m0./s1. The number of aromatic amines is 1. The summed E-state index contributed by atoms with van der Waals surface area (Å²) in [7, 11) is 0. The van der Waals surface area contributed by atoms with E-state index in [-0.39, 0.29) is 18.8 Å². The molecule has 0 unspecified atom stereocenters. The first-order valence-electron chi connectivity index (χ1n) is 8.25. The van der Waals surface area contributed by atoms with Crippen LogP contribution in [0.3, 0.4) is 0 Å². The summed E-state index contributed by atoms with van der Waals surface area (Å²) in [6.07, 6.45) is 4.18. The van der Waals surface area contributed by atoms with Crippen LogP contribution in [0.2, 0.25) is 0 Å². The third-order valence-electron chi connectivity index (χ3n) is 4.02. The molecule has 3 rings (SSSR count). The van der Waals surface area contributed by atoms with Crippen LogP contribution >= 0.6 is 12.4 Å². The Morgan fingerprint density at radius 3 is 2.48 bits per heavy atom. The molecule has 0 aliphatic rings. The van der Waals surface area contributed by atoms with Crippen molar-refractivity contribution in [3.05, 3.63) is 89.5 Å². The first kappa shape index (κ1) is 20.2. The Kier molecular flexibility index (Phi) is 7.14. The Balaban J connectivity index is 0.00000261. The zero-order valence-corrected chi connectivity index (χ0v) is 15.3. The van der Waals surface area contributed by atoms with Gasteiger partial charge in [-0.3, -0.25) is 4.79 Å². The van der Waals surface area contributed by atoms with E-state index in [1.54, 1.807) is 30.7 Å². The van der Waals surface area contributed by atoms with E-state index in [2.05, 4.69) is 15.3 Å². The SMILES string of the molecule is Cl.O=C(N[C@@H](Cc1ccccc1)C(=O)O)c1cccc(Cc2cnc[nH]2)c1. The van der Waals surface area contributed by atoms with Gasteiger partial charge in [-0.05, 0) is 23.3 Å². The lowest BCUT2D eigenvalue weighted by Gasteiger charge is -2.15. The summed E-state index contributed by atoms with van der Waals surface area (Å²) < 4.78 is 0. The van der Waals surface area contributed by atoms with Gasteiger partial charge in [0.15, 0.2) is 0 Å². The Bertz CT molecular complexity index is 883. The number of carbonyl (C=O) groups excluding carboxylic acids is 1. The molecule has 1 atom stereocenters. The number of hydrogen-bond acceptors (Lipinski definition) is 3. The van der Waals surface area contributed by atoms with Crippen LogP contribution in [-0.4, -0.2) is 33.0 Å². The minimum atomic E-state index is -1.06. The zero-order valence-electron chi connectivity index (χ0n) is 14.5. The summed E-state index contributed by atoms with van der Waals surface area (Å²) >= 11 is 0. The fourth-order valence-electron chi connectivity index (χ4n) is 2.72. The fraction of sp³-hybridized carbons (Fsp3) is 0.150. The summed E-state index contributed by atoms with van der Waals surface area (Å²) in [6.45, 7) is 0. The average Bonchev–Trinajstić information content (AvgIpc) is 3.15. The molecule has 0 aliphatic carbocycles. The van der Waals surface area contributed by atoms with Crippen molar-refractivity contribution in [1.29, 1.82) is 0 Å². The predicted octanol–water partition coefficient (Wildman–Crippen LogP) is 2.85. The van der Waals surface area contributed by atoms with Gasteiger partial charge in [-0.1, -0.05) is 42.5 Å². The lowest BCUT2D eigenvalue weighted by molar-refractivity contribution is -0.139. The molecule has 0 bridgehead atoms. The Morgan fingerprint density at radius 1 is 1.07 bits per heavy atom. The van der Waals surface area contributed by atoms with Crippen LogP contribution in [0.5, 0.6) is 0 Å². The van der Waals surface area contributed by atoms with Gasteiger partial charge >= 0.3 is 5.97 Å². The van der Waals surface area contributed by atoms with E-state index >= 15 is 0 Å². The molecule has 3 aromatic rings. The fourth-order valence-corrected chi connectivity index (χ4v) is 2.72. The van der Waals surface area contributed by atoms with Crippen LogP contribution in [0.25, 0.3) is 0 Å². The van der Waals surface area contributed by atoms with Gasteiger partial charge in [-0.2, -0.15) is 0 Å². The van der Waals surface area contributed by atoms with Crippen molar-refractivity contribution in [2.24, 2.45) is 0 Å². The van der Waals surface area contributed by atoms with E-state index < -0.39 is 17.9 Å². The zero-order chi connectivity index (χ0) is 18.4. The highest BCUT2D eigenvalue weighted by Crippen LogP contribution is 2.11. The second-order valence-electron chi connectivity index (χ2n) is 6.01. The smallest absolute Gasteiger partial charge is 0.326 e. The number of aliphatic carboxylic acids is 1. The molecule has 3 N–H and O–H groups in total. The van der Waals surface area contributed by atoms with Gasteiger partial charge in [-0.15, -0.1) is 12.4 Å². The van der Waals surface area contributed by atoms with E-state index in [9.17, 15) is 14.7 Å². The van der Waals surface area contributed by atoms with Crippen LogP contribution in [-0.2, 0) is 17.6 Å². The predicted molar refractivity (Wildman–Crippen MR) is 104 cm³/mol. The van der Waals surface area contributed by atoms with Gasteiger partial charge in [0.25, 0.3) is 5.91 Å². The monoisotopic (exact) mass is 385 g/mol. The lowest BCUT2D eigenvalue weighted by Crippen LogP contribution is -2.42. The summed E-state index contributed by atoms with van der Waals surface area (Å²) in [6, 6.07) is 15.4. The minimum Gasteiger partial charge on any atom is -0.480 e. The van der Waals surface area contributed by atoms with Gasteiger partial charge in [0.1, 0.15) is 6.04 Å². The number of carboxylic acid groups (broad SMARTS) is 1. The number of benzene rings is 2. The van der Waals surface area contributed by atoms with E-state index in [1.165, 1.54) is 0 Å². The van der Waals surface area contributed by atoms with Crippen LogP contribution in [0.4, 0.5) is 0 Å². The van der Waals surface area contributed by atoms with Crippen molar-refractivity contribution in [3.63, 3.8) is 0 Å². The molecule has 1 aromatic heterocycles. The third kappa shape index (κ3) is 5.69. The summed E-state index contributed by atoms with van der Waals surface area (Å²) in [5, 5.41) is 12.0. The first-order chi connectivity index (χ1) is 12.6. The number of carbonyl (C=O) groups is 2. The summed E-state index contributed by atoms with van der Waals surface area (Å²) in [4.78, 5) is 31.0. The molecule has 0 saturated heterocycles. The second kappa shape index (κ2) is 9.54.